The molecule has 1 aromatic rings. The van der Waals surface area contributed by atoms with Crippen LogP contribution in [0.5, 0.6) is 0 Å². The lowest BCUT2D eigenvalue weighted by Gasteiger charge is -2.24. The molecule has 0 aliphatic rings. The average molecular weight is 274 g/mol. The van der Waals surface area contributed by atoms with Crippen LogP contribution in [-0.2, 0) is 6.42 Å². The van der Waals surface area contributed by atoms with Crippen molar-refractivity contribution in [3.8, 4) is 0 Å². The highest BCUT2D eigenvalue weighted by Gasteiger charge is 2.16. The Hall–Kier alpha value is -0.240. The number of halogens is 2. The summed E-state index contributed by atoms with van der Waals surface area (Å²) in [4.78, 5) is 0. The molecular formula is C14H21Cl2N. The lowest BCUT2D eigenvalue weighted by molar-refractivity contribution is 0.371. The standard InChI is InChI=1S/C14H21Cl2N/c1-4-13(17-5-2)10(3)9-11-7-6-8-12(15)14(11)16/h6-8,10,13,17H,4-5,9H2,1-3H3. The fourth-order valence-corrected chi connectivity index (χ4v) is 2.60. The van der Waals surface area contributed by atoms with Crippen LogP contribution in [0.2, 0.25) is 10.0 Å². The van der Waals surface area contributed by atoms with Gasteiger partial charge in [-0.15, -0.1) is 0 Å². The lowest BCUT2D eigenvalue weighted by atomic mass is 9.92. The van der Waals surface area contributed by atoms with Crippen molar-refractivity contribution in [2.75, 3.05) is 6.54 Å². The van der Waals surface area contributed by atoms with Crippen LogP contribution in [0.1, 0.15) is 32.8 Å². The summed E-state index contributed by atoms with van der Waals surface area (Å²) in [6.07, 6.45) is 2.10. The minimum Gasteiger partial charge on any atom is -0.314 e. The zero-order chi connectivity index (χ0) is 12.8. The van der Waals surface area contributed by atoms with Gasteiger partial charge in [-0.25, -0.2) is 0 Å². The van der Waals surface area contributed by atoms with Crippen molar-refractivity contribution >= 4 is 23.2 Å². The van der Waals surface area contributed by atoms with Crippen LogP contribution >= 0.6 is 23.2 Å². The van der Waals surface area contributed by atoms with E-state index in [1.54, 1.807) is 0 Å². The van der Waals surface area contributed by atoms with E-state index in [0.29, 0.717) is 22.0 Å². The van der Waals surface area contributed by atoms with E-state index in [4.69, 9.17) is 23.2 Å². The second kappa shape index (κ2) is 7.25. The van der Waals surface area contributed by atoms with Crippen molar-refractivity contribution in [3.63, 3.8) is 0 Å². The van der Waals surface area contributed by atoms with E-state index in [0.717, 1.165) is 24.9 Å². The van der Waals surface area contributed by atoms with E-state index in [1.165, 1.54) is 0 Å². The maximum absolute atomic E-state index is 6.21. The van der Waals surface area contributed by atoms with Crippen LogP contribution in [0.25, 0.3) is 0 Å². The minimum atomic E-state index is 0.537. The van der Waals surface area contributed by atoms with Gasteiger partial charge in [-0.05, 0) is 36.9 Å². The summed E-state index contributed by atoms with van der Waals surface area (Å²) in [6, 6.07) is 6.39. The SMILES string of the molecule is CCNC(CC)C(C)Cc1cccc(Cl)c1Cl. The summed E-state index contributed by atoms with van der Waals surface area (Å²) in [5, 5.41) is 4.86. The predicted octanol–water partition coefficient (Wildman–Crippen LogP) is 4.56. The van der Waals surface area contributed by atoms with E-state index in [1.807, 2.05) is 12.1 Å². The summed E-state index contributed by atoms with van der Waals surface area (Å²) < 4.78 is 0. The minimum absolute atomic E-state index is 0.537. The molecule has 0 bridgehead atoms. The first-order valence-electron chi connectivity index (χ1n) is 6.26. The zero-order valence-electron chi connectivity index (χ0n) is 10.8. The molecule has 0 aliphatic heterocycles. The van der Waals surface area contributed by atoms with Gasteiger partial charge in [0.2, 0.25) is 0 Å². The van der Waals surface area contributed by atoms with Gasteiger partial charge in [-0.2, -0.15) is 0 Å². The first kappa shape index (κ1) is 14.8. The molecule has 2 unspecified atom stereocenters. The normalized spacial score (nSPS) is 14.6. The molecule has 2 atom stereocenters. The molecule has 0 saturated carbocycles. The Bertz CT molecular complexity index is 352. The quantitative estimate of drug-likeness (QED) is 0.801. The smallest absolute Gasteiger partial charge is 0.0624 e. The summed E-state index contributed by atoms with van der Waals surface area (Å²) in [6.45, 7) is 7.62. The molecule has 1 rings (SSSR count). The highest BCUT2D eigenvalue weighted by Crippen LogP contribution is 2.28. The van der Waals surface area contributed by atoms with Crippen molar-refractivity contribution in [3.05, 3.63) is 33.8 Å². The largest absolute Gasteiger partial charge is 0.314 e. The fourth-order valence-electron chi connectivity index (χ4n) is 2.21. The van der Waals surface area contributed by atoms with Gasteiger partial charge in [0.05, 0.1) is 10.0 Å². The molecule has 0 aliphatic carbocycles. The Kier molecular flexibility index (Phi) is 6.32. The van der Waals surface area contributed by atoms with E-state index in [2.05, 4.69) is 32.2 Å². The average Bonchev–Trinajstić information content (AvgIpc) is 2.31. The van der Waals surface area contributed by atoms with E-state index in [9.17, 15) is 0 Å². The van der Waals surface area contributed by atoms with Gasteiger partial charge >= 0.3 is 0 Å². The highest BCUT2D eigenvalue weighted by molar-refractivity contribution is 6.42. The van der Waals surface area contributed by atoms with Gasteiger partial charge in [-0.3, -0.25) is 0 Å². The fraction of sp³-hybridized carbons (Fsp3) is 0.571. The van der Waals surface area contributed by atoms with E-state index >= 15 is 0 Å². The van der Waals surface area contributed by atoms with Crippen molar-refractivity contribution in [1.82, 2.24) is 5.32 Å². The zero-order valence-corrected chi connectivity index (χ0v) is 12.3. The van der Waals surface area contributed by atoms with Gasteiger partial charge in [0.15, 0.2) is 0 Å². The maximum atomic E-state index is 6.21. The molecule has 0 spiro atoms. The Balaban J connectivity index is 2.72. The second-order valence-electron chi connectivity index (χ2n) is 4.47. The Morgan fingerprint density at radius 2 is 1.94 bits per heavy atom. The topological polar surface area (TPSA) is 12.0 Å². The Morgan fingerprint density at radius 1 is 1.24 bits per heavy atom. The molecule has 0 fully saturated rings. The maximum Gasteiger partial charge on any atom is 0.0624 e. The van der Waals surface area contributed by atoms with Crippen molar-refractivity contribution in [2.45, 2.75) is 39.7 Å². The van der Waals surface area contributed by atoms with Gasteiger partial charge in [0, 0.05) is 6.04 Å². The summed E-state index contributed by atoms with van der Waals surface area (Å²) in [5.74, 6) is 0.552. The van der Waals surface area contributed by atoms with Crippen LogP contribution < -0.4 is 5.32 Å². The number of nitrogens with one attached hydrogen (secondary N) is 1. The molecule has 0 radical (unpaired) electrons. The monoisotopic (exact) mass is 273 g/mol. The van der Waals surface area contributed by atoms with Crippen LogP contribution in [0.4, 0.5) is 0 Å². The molecule has 17 heavy (non-hydrogen) atoms. The molecule has 1 aromatic carbocycles. The molecule has 96 valence electrons. The predicted molar refractivity (Wildman–Crippen MR) is 77.1 cm³/mol. The molecule has 1 nitrogen and oxygen atoms in total. The summed E-state index contributed by atoms with van der Waals surface area (Å²) >= 11 is 12.2. The van der Waals surface area contributed by atoms with Gasteiger partial charge < -0.3 is 5.32 Å². The van der Waals surface area contributed by atoms with Crippen LogP contribution in [0.15, 0.2) is 18.2 Å². The number of hydrogen-bond acceptors (Lipinski definition) is 1. The highest BCUT2D eigenvalue weighted by atomic mass is 35.5. The molecule has 0 heterocycles. The molecule has 0 saturated heterocycles. The van der Waals surface area contributed by atoms with Gasteiger partial charge in [-0.1, -0.05) is 56.1 Å². The first-order valence-corrected chi connectivity index (χ1v) is 7.02. The van der Waals surface area contributed by atoms with Crippen molar-refractivity contribution in [1.29, 1.82) is 0 Å². The first-order chi connectivity index (χ1) is 8.10. The second-order valence-corrected chi connectivity index (χ2v) is 5.25. The van der Waals surface area contributed by atoms with Gasteiger partial charge in [0.1, 0.15) is 0 Å². The molecule has 0 aromatic heterocycles. The van der Waals surface area contributed by atoms with E-state index < -0.39 is 0 Å². The molecule has 0 amide bonds. The van der Waals surface area contributed by atoms with Crippen molar-refractivity contribution in [2.24, 2.45) is 5.92 Å². The van der Waals surface area contributed by atoms with Crippen LogP contribution in [-0.4, -0.2) is 12.6 Å². The third-order valence-electron chi connectivity index (χ3n) is 3.17. The van der Waals surface area contributed by atoms with E-state index in [-0.39, 0.29) is 0 Å². The Morgan fingerprint density at radius 3 is 2.53 bits per heavy atom. The van der Waals surface area contributed by atoms with Crippen molar-refractivity contribution < 1.29 is 0 Å². The van der Waals surface area contributed by atoms with Crippen LogP contribution in [0.3, 0.4) is 0 Å². The summed E-state index contributed by atoms with van der Waals surface area (Å²) in [7, 11) is 0. The third-order valence-corrected chi connectivity index (χ3v) is 4.02. The Labute approximate surface area is 115 Å². The van der Waals surface area contributed by atoms with Gasteiger partial charge in [0.25, 0.3) is 0 Å². The number of hydrogen-bond donors (Lipinski definition) is 1. The number of benzene rings is 1. The summed E-state index contributed by atoms with van der Waals surface area (Å²) in [5.41, 5.74) is 1.14. The molecule has 1 N–H and O–H groups in total. The third kappa shape index (κ3) is 4.17. The lowest BCUT2D eigenvalue weighted by Crippen LogP contribution is -2.35. The molecule has 3 heteroatoms. The number of rotatable bonds is 6. The molecular weight excluding hydrogens is 253 g/mol. The van der Waals surface area contributed by atoms with Crippen LogP contribution in [0, 0.1) is 5.92 Å².